The highest BCUT2D eigenvalue weighted by Crippen LogP contribution is 2.20. The monoisotopic (exact) mass is 212 g/mol. The van der Waals surface area contributed by atoms with Crippen molar-refractivity contribution in [2.75, 3.05) is 6.54 Å². The second kappa shape index (κ2) is 5.73. The molecule has 0 aromatic carbocycles. The molecular formula is C11H20N2O2. The van der Waals surface area contributed by atoms with Crippen LogP contribution in [0.3, 0.4) is 0 Å². The lowest BCUT2D eigenvalue weighted by atomic mass is 10.0. The minimum atomic E-state index is -0.0528. The van der Waals surface area contributed by atoms with E-state index < -0.39 is 0 Å². The lowest BCUT2D eigenvalue weighted by molar-refractivity contribution is -0.138. The summed E-state index contributed by atoms with van der Waals surface area (Å²) in [5, 5.41) is 1.48. The molecule has 0 spiro atoms. The Morgan fingerprint density at radius 2 is 2.20 bits per heavy atom. The Morgan fingerprint density at radius 1 is 1.47 bits per heavy atom. The summed E-state index contributed by atoms with van der Waals surface area (Å²) in [4.78, 5) is 22.8. The van der Waals surface area contributed by atoms with Gasteiger partial charge in [-0.3, -0.25) is 20.0 Å². The van der Waals surface area contributed by atoms with Gasteiger partial charge in [-0.05, 0) is 18.8 Å². The first-order chi connectivity index (χ1) is 7.17. The molecule has 1 fully saturated rings. The zero-order chi connectivity index (χ0) is 11.3. The smallest absolute Gasteiger partial charge is 0.241 e. The van der Waals surface area contributed by atoms with Crippen LogP contribution in [-0.4, -0.2) is 23.4 Å². The highest BCUT2D eigenvalue weighted by Gasteiger charge is 2.29. The Hall–Kier alpha value is -1.06. The molecule has 4 heteroatoms. The minimum Gasteiger partial charge on any atom is -0.273 e. The van der Waals surface area contributed by atoms with Gasteiger partial charge in [-0.2, -0.15) is 0 Å². The summed E-state index contributed by atoms with van der Waals surface area (Å²) in [6.07, 6.45) is 4.04. The maximum atomic E-state index is 11.5. The van der Waals surface area contributed by atoms with Crippen molar-refractivity contribution < 1.29 is 9.59 Å². The quantitative estimate of drug-likeness (QED) is 0.750. The van der Waals surface area contributed by atoms with E-state index in [4.69, 9.17) is 0 Å². The zero-order valence-corrected chi connectivity index (χ0v) is 9.58. The van der Waals surface area contributed by atoms with Crippen LogP contribution in [-0.2, 0) is 9.59 Å². The van der Waals surface area contributed by atoms with Crippen LogP contribution in [0.15, 0.2) is 0 Å². The minimum absolute atomic E-state index is 0.0528. The van der Waals surface area contributed by atoms with E-state index >= 15 is 0 Å². The molecule has 1 aliphatic heterocycles. The first kappa shape index (κ1) is 12.0. The molecule has 1 saturated heterocycles. The molecule has 1 rings (SSSR count). The molecule has 0 aromatic heterocycles. The van der Waals surface area contributed by atoms with Crippen molar-refractivity contribution in [2.24, 2.45) is 5.92 Å². The third kappa shape index (κ3) is 3.53. The number of nitrogens with zero attached hydrogens (tertiary/aromatic N) is 1. The molecule has 0 saturated carbocycles. The van der Waals surface area contributed by atoms with Gasteiger partial charge in [0.1, 0.15) is 0 Å². The maximum Gasteiger partial charge on any atom is 0.241 e. The van der Waals surface area contributed by atoms with Crippen LogP contribution in [0, 0.1) is 5.92 Å². The standard InChI is InChI=1S/C11H20N2O2/c1-3-5-9-7-11(15)13(8-9)12-10(14)6-4-2/h9H,3-8H2,1-2H3,(H,12,14). The molecule has 0 bridgehead atoms. The topological polar surface area (TPSA) is 49.4 Å². The summed E-state index contributed by atoms with van der Waals surface area (Å²) in [7, 11) is 0. The van der Waals surface area contributed by atoms with E-state index in [1.807, 2.05) is 6.92 Å². The molecule has 2 amide bonds. The van der Waals surface area contributed by atoms with Crippen LogP contribution in [0.2, 0.25) is 0 Å². The summed E-state index contributed by atoms with van der Waals surface area (Å²) in [5.74, 6) is 0.422. The van der Waals surface area contributed by atoms with Gasteiger partial charge in [-0.1, -0.05) is 20.3 Å². The van der Waals surface area contributed by atoms with Gasteiger partial charge in [0.15, 0.2) is 0 Å². The average Bonchev–Trinajstić information content (AvgIpc) is 2.48. The Kier molecular flexibility index (Phi) is 4.59. The van der Waals surface area contributed by atoms with Crippen LogP contribution in [0.25, 0.3) is 0 Å². The molecule has 1 N–H and O–H groups in total. The van der Waals surface area contributed by atoms with Gasteiger partial charge in [-0.25, -0.2) is 0 Å². The molecule has 1 atom stereocenters. The number of amides is 2. The normalized spacial score (nSPS) is 20.8. The van der Waals surface area contributed by atoms with E-state index in [1.165, 1.54) is 5.01 Å². The second-order valence-electron chi connectivity index (χ2n) is 4.15. The molecule has 0 radical (unpaired) electrons. The predicted molar refractivity (Wildman–Crippen MR) is 57.8 cm³/mol. The van der Waals surface area contributed by atoms with Gasteiger partial charge in [0.25, 0.3) is 0 Å². The van der Waals surface area contributed by atoms with E-state index in [0.29, 0.717) is 25.3 Å². The first-order valence-corrected chi connectivity index (χ1v) is 5.77. The molecule has 0 aromatic rings. The Balaban J connectivity index is 2.37. The van der Waals surface area contributed by atoms with E-state index in [1.54, 1.807) is 0 Å². The third-order valence-electron chi connectivity index (χ3n) is 2.64. The lowest BCUT2D eigenvalue weighted by Gasteiger charge is -2.17. The van der Waals surface area contributed by atoms with Crippen LogP contribution < -0.4 is 5.43 Å². The van der Waals surface area contributed by atoms with Crippen LogP contribution in [0.1, 0.15) is 46.0 Å². The van der Waals surface area contributed by atoms with Crippen molar-refractivity contribution in [3.8, 4) is 0 Å². The van der Waals surface area contributed by atoms with Gasteiger partial charge in [0.05, 0.1) is 0 Å². The van der Waals surface area contributed by atoms with E-state index in [-0.39, 0.29) is 11.8 Å². The van der Waals surface area contributed by atoms with Crippen molar-refractivity contribution in [3.05, 3.63) is 0 Å². The summed E-state index contributed by atoms with van der Waals surface area (Å²) in [6.45, 7) is 4.75. The molecule has 1 heterocycles. The number of hydrogen-bond donors (Lipinski definition) is 1. The number of carbonyl (C=O) groups excluding carboxylic acids is 2. The summed E-state index contributed by atoms with van der Waals surface area (Å²) in [5.41, 5.74) is 2.66. The van der Waals surface area contributed by atoms with Gasteiger partial charge >= 0.3 is 0 Å². The lowest BCUT2D eigenvalue weighted by Crippen LogP contribution is -2.43. The Bertz CT molecular complexity index is 241. The van der Waals surface area contributed by atoms with Gasteiger partial charge < -0.3 is 0 Å². The highest BCUT2D eigenvalue weighted by molar-refractivity contribution is 5.83. The van der Waals surface area contributed by atoms with Crippen LogP contribution >= 0.6 is 0 Å². The Labute approximate surface area is 91.0 Å². The highest BCUT2D eigenvalue weighted by atomic mass is 16.2. The Morgan fingerprint density at radius 3 is 2.80 bits per heavy atom. The van der Waals surface area contributed by atoms with Gasteiger partial charge in [-0.15, -0.1) is 0 Å². The number of hydrazine groups is 1. The molecule has 15 heavy (non-hydrogen) atoms. The summed E-state index contributed by atoms with van der Waals surface area (Å²) in [6, 6.07) is 0. The average molecular weight is 212 g/mol. The molecule has 86 valence electrons. The van der Waals surface area contributed by atoms with E-state index in [0.717, 1.165) is 19.3 Å². The fourth-order valence-electron chi connectivity index (χ4n) is 1.92. The summed E-state index contributed by atoms with van der Waals surface area (Å²) < 4.78 is 0. The van der Waals surface area contributed by atoms with Gasteiger partial charge in [0, 0.05) is 19.4 Å². The fraction of sp³-hybridized carbons (Fsp3) is 0.818. The van der Waals surface area contributed by atoms with Crippen molar-refractivity contribution >= 4 is 11.8 Å². The van der Waals surface area contributed by atoms with Crippen molar-refractivity contribution in [1.29, 1.82) is 0 Å². The molecule has 0 aliphatic carbocycles. The zero-order valence-electron chi connectivity index (χ0n) is 9.58. The van der Waals surface area contributed by atoms with Crippen molar-refractivity contribution in [2.45, 2.75) is 46.0 Å². The largest absolute Gasteiger partial charge is 0.273 e. The molecule has 4 nitrogen and oxygen atoms in total. The van der Waals surface area contributed by atoms with Crippen molar-refractivity contribution in [1.82, 2.24) is 10.4 Å². The first-order valence-electron chi connectivity index (χ1n) is 5.77. The van der Waals surface area contributed by atoms with E-state index in [2.05, 4.69) is 12.3 Å². The number of nitrogens with one attached hydrogen (secondary N) is 1. The molecule has 1 aliphatic rings. The number of carbonyl (C=O) groups is 2. The number of hydrogen-bond acceptors (Lipinski definition) is 2. The predicted octanol–water partition coefficient (Wildman–Crippen LogP) is 1.47. The van der Waals surface area contributed by atoms with Crippen molar-refractivity contribution in [3.63, 3.8) is 0 Å². The second-order valence-corrected chi connectivity index (χ2v) is 4.15. The molecular weight excluding hydrogens is 192 g/mol. The fourth-order valence-corrected chi connectivity index (χ4v) is 1.92. The molecule has 1 unspecified atom stereocenters. The third-order valence-corrected chi connectivity index (χ3v) is 2.64. The van der Waals surface area contributed by atoms with Crippen LogP contribution in [0.4, 0.5) is 0 Å². The SMILES string of the molecule is CCCC(=O)NN1CC(CCC)CC1=O. The maximum absolute atomic E-state index is 11.5. The summed E-state index contributed by atoms with van der Waals surface area (Å²) >= 11 is 0. The number of rotatable bonds is 5. The van der Waals surface area contributed by atoms with Crippen LogP contribution in [0.5, 0.6) is 0 Å². The van der Waals surface area contributed by atoms with E-state index in [9.17, 15) is 9.59 Å². The van der Waals surface area contributed by atoms with Gasteiger partial charge in [0.2, 0.25) is 11.8 Å².